The van der Waals surface area contributed by atoms with Gasteiger partial charge in [-0.3, -0.25) is 24.9 Å². The zero-order valence-electron chi connectivity index (χ0n) is 18.9. The van der Waals surface area contributed by atoms with Gasteiger partial charge in [-0.05, 0) is 30.5 Å². The number of halogens is 2. The summed E-state index contributed by atoms with van der Waals surface area (Å²) in [7, 11) is 0. The second-order valence-electron chi connectivity index (χ2n) is 7.96. The number of aromatic amines is 1. The van der Waals surface area contributed by atoms with E-state index in [0.717, 1.165) is 16.3 Å². The summed E-state index contributed by atoms with van der Waals surface area (Å²) in [6.45, 7) is 0.643. The van der Waals surface area contributed by atoms with Crippen molar-refractivity contribution < 1.29 is 18.6 Å². The fourth-order valence-electron chi connectivity index (χ4n) is 3.61. The van der Waals surface area contributed by atoms with E-state index in [1.807, 2.05) is 24.3 Å². The third-order valence-corrected chi connectivity index (χ3v) is 5.51. The summed E-state index contributed by atoms with van der Waals surface area (Å²) in [5.41, 5.74) is 6.11. The number of hydrogen-bond donors (Lipinski definition) is 3. The van der Waals surface area contributed by atoms with Gasteiger partial charge in [0.15, 0.2) is 5.82 Å². The Hall–Kier alpha value is -4.41. The number of amides is 1. The van der Waals surface area contributed by atoms with E-state index in [0.29, 0.717) is 11.5 Å². The zero-order chi connectivity index (χ0) is 25.0. The topological polar surface area (TPSA) is 129 Å². The number of nitrogens with two attached hydrogens (primary N) is 1. The first-order chi connectivity index (χ1) is 16.8. The minimum absolute atomic E-state index is 0.205. The van der Waals surface area contributed by atoms with Gasteiger partial charge in [0.2, 0.25) is 5.91 Å². The molecule has 0 bridgehead atoms. The number of carbonyl (C=O) groups is 1. The first-order valence-corrected chi connectivity index (χ1v) is 10.8. The lowest BCUT2D eigenvalue weighted by atomic mass is 10.1. The second kappa shape index (κ2) is 9.84. The Morgan fingerprint density at radius 1 is 1.14 bits per heavy atom. The van der Waals surface area contributed by atoms with Crippen LogP contribution in [0.5, 0.6) is 0 Å². The molecule has 9 nitrogen and oxygen atoms in total. The number of nitrogen functional groups attached to an aromatic ring is 1. The maximum atomic E-state index is 14.4. The molecule has 0 unspecified atom stereocenters. The van der Waals surface area contributed by atoms with Gasteiger partial charge >= 0.3 is 5.92 Å². The van der Waals surface area contributed by atoms with Gasteiger partial charge in [-0.1, -0.05) is 24.3 Å². The number of hydrogen-bond acceptors (Lipinski definition) is 6. The van der Waals surface area contributed by atoms with E-state index in [9.17, 15) is 18.4 Å². The Morgan fingerprint density at radius 2 is 1.89 bits per heavy atom. The highest BCUT2D eigenvalue weighted by molar-refractivity contribution is 5.91. The van der Waals surface area contributed by atoms with Crippen LogP contribution in [0.15, 0.2) is 65.8 Å². The number of pyridine rings is 2. The molecular formula is C24H24F2N7O2+. The predicted molar refractivity (Wildman–Crippen MR) is 127 cm³/mol. The van der Waals surface area contributed by atoms with Crippen LogP contribution in [-0.4, -0.2) is 27.0 Å². The quantitative estimate of drug-likeness (QED) is 0.354. The van der Waals surface area contributed by atoms with Crippen molar-refractivity contribution in [2.45, 2.75) is 25.9 Å². The number of fused-ring (bicyclic) bond motifs is 1. The van der Waals surface area contributed by atoms with E-state index >= 15 is 0 Å². The molecule has 0 saturated carbocycles. The number of nitrogens with one attached hydrogen (secondary N) is 3. The summed E-state index contributed by atoms with van der Waals surface area (Å²) in [5.74, 6) is -3.50. The zero-order valence-corrected chi connectivity index (χ0v) is 18.9. The van der Waals surface area contributed by atoms with Crippen molar-refractivity contribution in [2.24, 2.45) is 0 Å². The van der Waals surface area contributed by atoms with Crippen molar-refractivity contribution in [1.29, 1.82) is 0 Å². The molecule has 0 aliphatic heterocycles. The minimum Gasteiger partial charge on any atom is -0.359 e. The Morgan fingerprint density at radius 3 is 2.63 bits per heavy atom. The molecule has 3 heterocycles. The van der Waals surface area contributed by atoms with Gasteiger partial charge in [0.05, 0.1) is 18.1 Å². The van der Waals surface area contributed by atoms with Crippen molar-refractivity contribution in [2.75, 3.05) is 17.6 Å². The van der Waals surface area contributed by atoms with Gasteiger partial charge in [-0.2, -0.15) is 8.78 Å². The Kier molecular flexibility index (Phi) is 6.67. The third-order valence-electron chi connectivity index (χ3n) is 5.51. The molecule has 0 radical (unpaired) electrons. The number of aromatic nitrogens is 4. The number of carbonyl (C=O) groups excluding carboxylic acids is 1. The largest absolute Gasteiger partial charge is 0.359 e. The van der Waals surface area contributed by atoms with Crippen molar-refractivity contribution in [3.8, 4) is 0 Å². The van der Waals surface area contributed by atoms with Gasteiger partial charge < -0.3 is 10.6 Å². The first kappa shape index (κ1) is 23.7. The van der Waals surface area contributed by atoms with Crippen LogP contribution in [0.3, 0.4) is 0 Å². The standard InChI is InChI=1S/C24H23F2N7O2/c1-15-10-31-22(32-14-24(25,26)19-8-4-5-9-28-19)23(35)33(15)13-20(34)29-11-16-12-30-21(27)18-7-3-2-6-17(16)18/h2-10,12H,11,13-14H2,1H3,(H2,27,30)(H,29,34)(H,31,32)/p+1. The molecule has 180 valence electrons. The monoisotopic (exact) mass is 480 g/mol. The summed E-state index contributed by atoms with van der Waals surface area (Å²) < 4.78 is 30.0. The van der Waals surface area contributed by atoms with Crippen LogP contribution in [-0.2, 0) is 23.8 Å². The van der Waals surface area contributed by atoms with Crippen molar-refractivity contribution in [1.82, 2.24) is 19.9 Å². The van der Waals surface area contributed by atoms with E-state index in [1.54, 1.807) is 13.1 Å². The Balaban J connectivity index is 1.45. The molecule has 0 fully saturated rings. The number of rotatable bonds is 8. The van der Waals surface area contributed by atoms with E-state index < -0.39 is 29.6 Å². The van der Waals surface area contributed by atoms with Gasteiger partial charge in [-0.25, -0.2) is 9.97 Å². The summed E-state index contributed by atoms with van der Waals surface area (Å²) in [5, 5.41) is 6.90. The smallest absolute Gasteiger partial charge is 0.306 e. The van der Waals surface area contributed by atoms with Crippen molar-refractivity contribution in [3.63, 3.8) is 0 Å². The molecule has 3 aromatic heterocycles. The van der Waals surface area contributed by atoms with Gasteiger partial charge in [0.25, 0.3) is 11.4 Å². The maximum absolute atomic E-state index is 14.4. The number of H-pyrrole nitrogens is 1. The van der Waals surface area contributed by atoms with Gasteiger partial charge in [-0.15, -0.1) is 0 Å². The predicted octanol–water partition coefficient (Wildman–Crippen LogP) is 2.02. The van der Waals surface area contributed by atoms with Crippen LogP contribution in [0.4, 0.5) is 20.4 Å². The van der Waals surface area contributed by atoms with E-state index in [1.165, 1.54) is 35.2 Å². The fourth-order valence-corrected chi connectivity index (χ4v) is 3.61. The summed E-state index contributed by atoms with van der Waals surface area (Å²) in [6.07, 6.45) is 4.33. The lowest BCUT2D eigenvalue weighted by molar-refractivity contribution is -0.359. The fraction of sp³-hybridized carbons (Fsp3) is 0.208. The maximum Gasteiger partial charge on any atom is 0.306 e. The highest BCUT2D eigenvalue weighted by atomic mass is 19.3. The van der Waals surface area contributed by atoms with E-state index in [-0.39, 0.29) is 18.9 Å². The average molecular weight is 480 g/mol. The number of anilines is 2. The highest BCUT2D eigenvalue weighted by Crippen LogP contribution is 2.25. The summed E-state index contributed by atoms with van der Waals surface area (Å²) >= 11 is 0. The lowest BCUT2D eigenvalue weighted by Gasteiger charge is -2.17. The normalized spacial score (nSPS) is 11.4. The van der Waals surface area contributed by atoms with Crippen LogP contribution < -0.4 is 26.9 Å². The first-order valence-electron chi connectivity index (χ1n) is 10.8. The van der Waals surface area contributed by atoms with E-state index in [2.05, 4.69) is 25.6 Å². The van der Waals surface area contributed by atoms with Crippen LogP contribution in [0, 0.1) is 6.92 Å². The molecule has 1 amide bonds. The van der Waals surface area contributed by atoms with Crippen LogP contribution in [0.1, 0.15) is 17.0 Å². The number of nitrogens with zero attached hydrogens (tertiary/aromatic N) is 3. The Labute approximate surface area is 199 Å². The van der Waals surface area contributed by atoms with Gasteiger partial charge in [0.1, 0.15) is 12.2 Å². The highest BCUT2D eigenvalue weighted by Gasteiger charge is 2.33. The van der Waals surface area contributed by atoms with Gasteiger partial charge in [0, 0.05) is 30.2 Å². The SMILES string of the molecule is Cc1cnc(NCC(F)(F)c2ccccn2)c(=O)n1CC(=O)NCc1c[nH+]c(N)c2ccccc12. The molecule has 0 aliphatic carbocycles. The molecule has 5 N–H and O–H groups in total. The third kappa shape index (κ3) is 5.24. The molecule has 0 saturated heterocycles. The van der Waals surface area contributed by atoms with Crippen LogP contribution >= 0.6 is 0 Å². The molecule has 0 aliphatic rings. The number of benzene rings is 1. The van der Waals surface area contributed by atoms with Crippen molar-refractivity contribution >= 4 is 28.3 Å². The second-order valence-corrected chi connectivity index (χ2v) is 7.96. The number of alkyl halides is 2. The molecule has 0 atom stereocenters. The molecular weight excluding hydrogens is 456 g/mol. The van der Waals surface area contributed by atoms with E-state index in [4.69, 9.17) is 5.73 Å². The summed E-state index contributed by atoms with van der Waals surface area (Å²) in [6, 6.07) is 11.7. The Bertz CT molecular complexity index is 1420. The molecule has 35 heavy (non-hydrogen) atoms. The molecule has 11 heteroatoms. The van der Waals surface area contributed by atoms with Crippen LogP contribution in [0.2, 0.25) is 0 Å². The average Bonchev–Trinajstić information content (AvgIpc) is 2.86. The minimum atomic E-state index is -3.32. The molecule has 4 rings (SSSR count). The van der Waals surface area contributed by atoms with Crippen LogP contribution in [0.25, 0.3) is 10.8 Å². The van der Waals surface area contributed by atoms with Crippen molar-refractivity contribution in [3.05, 3.63) is 88.4 Å². The molecule has 0 spiro atoms. The number of aryl methyl sites for hydroxylation is 1. The lowest BCUT2D eigenvalue weighted by Crippen LogP contribution is -2.36. The molecule has 1 aromatic carbocycles. The summed E-state index contributed by atoms with van der Waals surface area (Å²) in [4.78, 5) is 36.0. The molecule has 4 aromatic rings.